The Balaban J connectivity index is 2.52. The zero-order valence-corrected chi connectivity index (χ0v) is 8.43. The van der Waals surface area contributed by atoms with Gasteiger partial charge in [0.15, 0.2) is 0 Å². The maximum atomic E-state index is 5.46. The van der Waals surface area contributed by atoms with E-state index in [9.17, 15) is 0 Å². The van der Waals surface area contributed by atoms with E-state index in [1.165, 1.54) is 11.3 Å². The third kappa shape index (κ3) is 2.42. The number of hydrogen-bond donors (Lipinski definition) is 1. The lowest BCUT2D eigenvalue weighted by molar-refractivity contribution is 0.265. The number of anilines is 1. The SMILES string of the molecule is CC(C)N(C)Cc1nnc(N)s1. The Hall–Kier alpha value is -0.680. The maximum absolute atomic E-state index is 5.46. The van der Waals surface area contributed by atoms with Crippen LogP contribution in [0.4, 0.5) is 5.13 Å². The van der Waals surface area contributed by atoms with Crippen LogP contribution in [0.3, 0.4) is 0 Å². The van der Waals surface area contributed by atoms with Gasteiger partial charge in [0.2, 0.25) is 5.13 Å². The molecule has 0 aromatic carbocycles. The van der Waals surface area contributed by atoms with Gasteiger partial charge in [0.25, 0.3) is 0 Å². The molecule has 4 nitrogen and oxygen atoms in total. The van der Waals surface area contributed by atoms with Crippen molar-refractivity contribution in [2.24, 2.45) is 0 Å². The molecule has 0 unspecified atom stereocenters. The Morgan fingerprint density at radius 1 is 1.50 bits per heavy atom. The van der Waals surface area contributed by atoms with Crippen LogP contribution in [0, 0.1) is 0 Å². The Bertz CT molecular complexity index is 245. The number of rotatable bonds is 3. The first kappa shape index (κ1) is 9.41. The fraction of sp³-hybridized carbons (Fsp3) is 0.714. The molecule has 0 radical (unpaired) electrons. The van der Waals surface area contributed by atoms with E-state index in [0.29, 0.717) is 11.2 Å². The second-order valence-electron chi connectivity index (χ2n) is 3.04. The first-order valence-corrected chi connectivity index (χ1v) is 4.69. The van der Waals surface area contributed by atoms with Gasteiger partial charge in [-0.05, 0) is 20.9 Å². The minimum Gasteiger partial charge on any atom is -0.374 e. The normalized spacial score (nSPS) is 11.4. The summed E-state index contributed by atoms with van der Waals surface area (Å²) in [6.45, 7) is 5.11. The zero-order chi connectivity index (χ0) is 9.14. The maximum Gasteiger partial charge on any atom is 0.203 e. The number of nitrogen functional groups attached to an aromatic ring is 1. The average Bonchev–Trinajstić information content (AvgIpc) is 2.35. The van der Waals surface area contributed by atoms with Crippen LogP contribution in [0.5, 0.6) is 0 Å². The van der Waals surface area contributed by atoms with Gasteiger partial charge in [-0.2, -0.15) is 0 Å². The Morgan fingerprint density at radius 2 is 2.17 bits per heavy atom. The molecule has 1 aromatic heterocycles. The smallest absolute Gasteiger partial charge is 0.203 e. The number of nitrogens with two attached hydrogens (primary N) is 1. The second kappa shape index (κ2) is 3.82. The summed E-state index contributed by atoms with van der Waals surface area (Å²) in [5, 5.41) is 9.21. The van der Waals surface area contributed by atoms with Crippen molar-refractivity contribution in [3.8, 4) is 0 Å². The topological polar surface area (TPSA) is 55.0 Å². The highest BCUT2D eigenvalue weighted by Gasteiger charge is 2.07. The van der Waals surface area contributed by atoms with Gasteiger partial charge in [-0.1, -0.05) is 11.3 Å². The molecular weight excluding hydrogens is 172 g/mol. The lowest BCUT2D eigenvalue weighted by Gasteiger charge is -2.18. The monoisotopic (exact) mass is 186 g/mol. The van der Waals surface area contributed by atoms with Crippen molar-refractivity contribution >= 4 is 16.5 Å². The molecule has 0 atom stereocenters. The second-order valence-corrected chi connectivity index (χ2v) is 4.14. The van der Waals surface area contributed by atoms with E-state index in [0.717, 1.165) is 11.6 Å². The standard InChI is InChI=1S/C7H14N4S/c1-5(2)11(3)4-6-9-10-7(8)12-6/h5H,4H2,1-3H3,(H2,8,10). The lowest BCUT2D eigenvalue weighted by atomic mass is 10.3. The third-order valence-electron chi connectivity index (χ3n) is 1.75. The van der Waals surface area contributed by atoms with Gasteiger partial charge in [0, 0.05) is 6.04 Å². The molecule has 0 saturated heterocycles. The molecule has 1 aromatic rings. The van der Waals surface area contributed by atoms with Crippen LogP contribution in [0.25, 0.3) is 0 Å². The summed E-state index contributed by atoms with van der Waals surface area (Å²) in [4.78, 5) is 2.19. The fourth-order valence-corrected chi connectivity index (χ4v) is 1.40. The molecule has 2 N–H and O–H groups in total. The quantitative estimate of drug-likeness (QED) is 0.764. The zero-order valence-electron chi connectivity index (χ0n) is 7.61. The van der Waals surface area contributed by atoms with Crippen molar-refractivity contribution in [1.82, 2.24) is 15.1 Å². The van der Waals surface area contributed by atoms with E-state index in [-0.39, 0.29) is 0 Å². The van der Waals surface area contributed by atoms with Gasteiger partial charge in [0.05, 0.1) is 6.54 Å². The molecular formula is C7H14N4S. The van der Waals surface area contributed by atoms with Crippen molar-refractivity contribution in [2.45, 2.75) is 26.4 Å². The summed E-state index contributed by atoms with van der Waals surface area (Å²) < 4.78 is 0. The van der Waals surface area contributed by atoms with Crippen LogP contribution in [-0.4, -0.2) is 28.2 Å². The summed E-state index contributed by atoms with van der Waals surface area (Å²) in [6.07, 6.45) is 0. The van der Waals surface area contributed by atoms with Crippen LogP contribution >= 0.6 is 11.3 Å². The summed E-state index contributed by atoms with van der Waals surface area (Å²) >= 11 is 1.45. The minimum atomic E-state index is 0.523. The number of aromatic nitrogens is 2. The highest BCUT2D eigenvalue weighted by atomic mass is 32.1. The minimum absolute atomic E-state index is 0.523. The van der Waals surface area contributed by atoms with E-state index in [4.69, 9.17) is 5.73 Å². The molecule has 12 heavy (non-hydrogen) atoms. The molecule has 0 aliphatic rings. The Labute approximate surface area is 76.4 Å². The molecule has 1 heterocycles. The molecule has 68 valence electrons. The van der Waals surface area contributed by atoms with Crippen molar-refractivity contribution in [3.05, 3.63) is 5.01 Å². The first-order valence-electron chi connectivity index (χ1n) is 3.87. The molecule has 0 amide bonds. The Morgan fingerprint density at radius 3 is 2.58 bits per heavy atom. The summed E-state index contributed by atoms with van der Waals surface area (Å²) in [6, 6.07) is 0.523. The van der Waals surface area contributed by atoms with Gasteiger partial charge >= 0.3 is 0 Å². The highest BCUT2D eigenvalue weighted by Crippen LogP contribution is 2.13. The van der Waals surface area contributed by atoms with Gasteiger partial charge in [-0.25, -0.2) is 0 Å². The van der Waals surface area contributed by atoms with Gasteiger partial charge in [-0.3, -0.25) is 4.90 Å². The molecule has 1 rings (SSSR count). The largest absolute Gasteiger partial charge is 0.374 e. The van der Waals surface area contributed by atoms with Crippen LogP contribution in [0.1, 0.15) is 18.9 Å². The number of hydrogen-bond acceptors (Lipinski definition) is 5. The highest BCUT2D eigenvalue weighted by molar-refractivity contribution is 7.15. The lowest BCUT2D eigenvalue weighted by Crippen LogP contribution is -2.25. The van der Waals surface area contributed by atoms with Crippen LogP contribution in [0.2, 0.25) is 0 Å². The van der Waals surface area contributed by atoms with Crippen molar-refractivity contribution in [3.63, 3.8) is 0 Å². The van der Waals surface area contributed by atoms with Crippen molar-refractivity contribution < 1.29 is 0 Å². The van der Waals surface area contributed by atoms with E-state index in [2.05, 4.69) is 36.0 Å². The van der Waals surface area contributed by atoms with Crippen LogP contribution in [0.15, 0.2) is 0 Å². The summed E-state index contributed by atoms with van der Waals surface area (Å²) in [5.41, 5.74) is 5.46. The molecule has 0 aliphatic heterocycles. The summed E-state index contributed by atoms with van der Waals surface area (Å²) in [7, 11) is 2.06. The van der Waals surface area contributed by atoms with E-state index in [1.54, 1.807) is 0 Å². The molecule has 0 bridgehead atoms. The van der Waals surface area contributed by atoms with Crippen LogP contribution in [-0.2, 0) is 6.54 Å². The van der Waals surface area contributed by atoms with E-state index < -0.39 is 0 Å². The van der Waals surface area contributed by atoms with Gasteiger partial charge < -0.3 is 5.73 Å². The molecule has 0 aliphatic carbocycles. The third-order valence-corrected chi connectivity index (χ3v) is 2.49. The van der Waals surface area contributed by atoms with Crippen molar-refractivity contribution in [1.29, 1.82) is 0 Å². The first-order chi connectivity index (χ1) is 5.59. The number of nitrogens with zero attached hydrogens (tertiary/aromatic N) is 3. The van der Waals surface area contributed by atoms with E-state index >= 15 is 0 Å². The van der Waals surface area contributed by atoms with E-state index in [1.807, 2.05) is 0 Å². The molecule has 5 heteroatoms. The molecule has 0 saturated carbocycles. The summed E-state index contributed by atoms with van der Waals surface area (Å²) in [5.74, 6) is 0. The van der Waals surface area contributed by atoms with Crippen molar-refractivity contribution in [2.75, 3.05) is 12.8 Å². The Kier molecular flexibility index (Phi) is 2.99. The predicted molar refractivity (Wildman–Crippen MR) is 50.9 cm³/mol. The fourth-order valence-electron chi connectivity index (χ4n) is 0.726. The predicted octanol–water partition coefficient (Wildman–Crippen LogP) is 0.961. The molecule has 0 fully saturated rings. The van der Waals surface area contributed by atoms with Gasteiger partial charge in [0.1, 0.15) is 5.01 Å². The van der Waals surface area contributed by atoms with Crippen LogP contribution < -0.4 is 5.73 Å². The molecule has 0 spiro atoms. The average molecular weight is 186 g/mol. The van der Waals surface area contributed by atoms with Gasteiger partial charge in [-0.15, -0.1) is 10.2 Å².